The number of aromatic carboxylic acids is 1. The van der Waals surface area contributed by atoms with Crippen molar-refractivity contribution < 1.29 is 23.5 Å². The number of anilines is 1. The lowest BCUT2D eigenvalue weighted by Crippen LogP contribution is -2.28. The second-order valence-corrected chi connectivity index (χ2v) is 4.85. The van der Waals surface area contributed by atoms with Crippen molar-refractivity contribution >= 4 is 17.6 Å². The van der Waals surface area contributed by atoms with Gasteiger partial charge < -0.3 is 15.7 Å². The van der Waals surface area contributed by atoms with Gasteiger partial charge in [-0.3, -0.25) is 4.79 Å². The Morgan fingerprint density at radius 3 is 2.50 bits per heavy atom. The van der Waals surface area contributed by atoms with E-state index in [1.807, 2.05) is 6.92 Å². The summed E-state index contributed by atoms with van der Waals surface area (Å²) >= 11 is 0. The van der Waals surface area contributed by atoms with Gasteiger partial charge in [0.15, 0.2) is 11.6 Å². The van der Waals surface area contributed by atoms with Crippen molar-refractivity contribution in [3.05, 3.63) is 29.3 Å². The van der Waals surface area contributed by atoms with Crippen molar-refractivity contribution in [1.82, 2.24) is 5.32 Å². The summed E-state index contributed by atoms with van der Waals surface area (Å²) in [6.07, 6.45) is 0. The van der Waals surface area contributed by atoms with Crippen LogP contribution in [0.1, 0.15) is 17.3 Å². The van der Waals surface area contributed by atoms with Crippen LogP contribution in [-0.2, 0) is 4.79 Å². The number of rotatable bonds is 3. The fourth-order valence-electron chi connectivity index (χ4n) is 2.21. The number of nitrogens with one attached hydrogen (secondary N) is 2. The maximum absolute atomic E-state index is 13.2. The molecule has 1 aliphatic rings. The fourth-order valence-corrected chi connectivity index (χ4v) is 2.21. The van der Waals surface area contributed by atoms with Crippen LogP contribution in [0.5, 0.6) is 0 Å². The number of carboxylic acids is 1. The van der Waals surface area contributed by atoms with Gasteiger partial charge in [-0.1, -0.05) is 6.92 Å². The Balaban J connectivity index is 2.26. The van der Waals surface area contributed by atoms with Crippen molar-refractivity contribution in [2.75, 3.05) is 18.4 Å². The zero-order chi connectivity index (χ0) is 14.9. The Kier molecular flexibility index (Phi) is 3.99. The van der Waals surface area contributed by atoms with Crippen LogP contribution in [0.2, 0.25) is 0 Å². The molecule has 0 radical (unpaired) electrons. The first kappa shape index (κ1) is 14.4. The van der Waals surface area contributed by atoms with E-state index in [0.29, 0.717) is 25.2 Å². The lowest BCUT2D eigenvalue weighted by atomic mass is 9.97. The van der Waals surface area contributed by atoms with E-state index >= 15 is 0 Å². The third kappa shape index (κ3) is 2.77. The Bertz CT molecular complexity index is 563. The molecule has 1 fully saturated rings. The highest BCUT2D eigenvalue weighted by atomic mass is 19.2. The van der Waals surface area contributed by atoms with Gasteiger partial charge in [0.1, 0.15) is 0 Å². The monoisotopic (exact) mass is 284 g/mol. The van der Waals surface area contributed by atoms with Gasteiger partial charge in [0.2, 0.25) is 5.91 Å². The van der Waals surface area contributed by atoms with E-state index in [1.165, 1.54) is 0 Å². The number of carboxylic acid groups (broad SMARTS) is 1. The van der Waals surface area contributed by atoms with E-state index in [-0.39, 0.29) is 17.5 Å². The normalized spacial score (nSPS) is 21.8. The third-order valence-electron chi connectivity index (χ3n) is 3.40. The zero-order valence-corrected chi connectivity index (χ0v) is 10.7. The second kappa shape index (κ2) is 5.54. The molecular formula is C13H14F2N2O3. The summed E-state index contributed by atoms with van der Waals surface area (Å²) in [6, 6.07) is 1.24. The van der Waals surface area contributed by atoms with Gasteiger partial charge in [-0.2, -0.15) is 0 Å². The lowest BCUT2D eigenvalue weighted by molar-refractivity contribution is -0.120. The summed E-state index contributed by atoms with van der Waals surface area (Å²) < 4.78 is 26.3. The van der Waals surface area contributed by atoms with Gasteiger partial charge >= 0.3 is 5.97 Å². The van der Waals surface area contributed by atoms with E-state index in [2.05, 4.69) is 10.6 Å². The van der Waals surface area contributed by atoms with E-state index < -0.39 is 29.1 Å². The molecule has 1 aromatic rings. The predicted molar refractivity (Wildman–Crippen MR) is 67.5 cm³/mol. The van der Waals surface area contributed by atoms with E-state index in [1.54, 1.807) is 0 Å². The molecule has 2 rings (SSSR count). The number of benzene rings is 1. The number of halogens is 2. The number of hydrogen-bond donors (Lipinski definition) is 3. The second-order valence-electron chi connectivity index (χ2n) is 4.85. The minimum absolute atomic E-state index is 0.0913. The van der Waals surface area contributed by atoms with Crippen molar-refractivity contribution in [3.8, 4) is 0 Å². The first-order chi connectivity index (χ1) is 9.40. The number of carbonyl (C=O) groups excluding carboxylic acids is 1. The molecule has 0 bridgehead atoms. The Labute approximate surface area is 114 Å². The Morgan fingerprint density at radius 2 is 1.95 bits per heavy atom. The molecule has 0 unspecified atom stereocenters. The highest BCUT2D eigenvalue weighted by molar-refractivity contribution is 6.01. The van der Waals surface area contributed by atoms with Crippen LogP contribution in [0.4, 0.5) is 14.5 Å². The SMILES string of the molecule is C[C@@H]1CNC[C@H]1C(=O)Nc1cc(F)c(F)cc1C(=O)O. The van der Waals surface area contributed by atoms with E-state index in [0.717, 1.165) is 0 Å². The summed E-state index contributed by atoms with van der Waals surface area (Å²) in [5, 5.41) is 14.4. The van der Waals surface area contributed by atoms with Crippen LogP contribution in [0, 0.1) is 23.5 Å². The van der Waals surface area contributed by atoms with Gasteiger partial charge in [0.05, 0.1) is 17.2 Å². The van der Waals surface area contributed by atoms with Gasteiger partial charge in [-0.25, -0.2) is 13.6 Å². The standard InChI is InChI=1S/C13H14F2N2O3/c1-6-4-16-5-8(6)12(18)17-11-3-10(15)9(14)2-7(11)13(19)20/h2-3,6,8,16H,4-5H2,1H3,(H,17,18)(H,19,20)/t6-,8-/m1/s1. The summed E-state index contributed by atoms with van der Waals surface area (Å²) in [5.41, 5.74) is -0.712. The summed E-state index contributed by atoms with van der Waals surface area (Å²) in [5.74, 6) is -4.55. The van der Waals surface area contributed by atoms with Gasteiger partial charge in [-0.15, -0.1) is 0 Å². The van der Waals surface area contributed by atoms with E-state index in [4.69, 9.17) is 5.11 Å². The first-order valence-electron chi connectivity index (χ1n) is 6.14. The average molecular weight is 284 g/mol. The number of carbonyl (C=O) groups is 2. The van der Waals surface area contributed by atoms with Crippen molar-refractivity contribution in [2.45, 2.75) is 6.92 Å². The van der Waals surface area contributed by atoms with Crippen LogP contribution in [-0.4, -0.2) is 30.1 Å². The highest BCUT2D eigenvalue weighted by Gasteiger charge is 2.30. The van der Waals surface area contributed by atoms with Gasteiger partial charge in [0, 0.05) is 12.6 Å². The maximum atomic E-state index is 13.2. The van der Waals surface area contributed by atoms with Gasteiger partial charge in [0.25, 0.3) is 0 Å². The average Bonchev–Trinajstić information content (AvgIpc) is 2.79. The molecule has 5 nitrogen and oxygen atoms in total. The van der Waals surface area contributed by atoms with Crippen LogP contribution in [0.25, 0.3) is 0 Å². The minimum Gasteiger partial charge on any atom is -0.478 e. The molecule has 2 atom stereocenters. The summed E-state index contributed by atoms with van der Waals surface area (Å²) in [7, 11) is 0. The molecule has 108 valence electrons. The Hall–Kier alpha value is -2.02. The summed E-state index contributed by atoms with van der Waals surface area (Å²) in [4.78, 5) is 23.0. The molecule has 3 N–H and O–H groups in total. The molecule has 1 amide bonds. The van der Waals surface area contributed by atoms with Crippen molar-refractivity contribution in [1.29, 1.82) is 0 Å². The van der Waals surface area contributed by atoms with Crippen LogP contribution < -0.4 is 10.6 Å². The highest BCUT2D eigenvalue weighted by Crippen LogP contribution is 2.23. The largest absolute Gasteiger partial charge is 0.478 e. The van der Waals surface area contributed by atoms with Crippen molar-refractivity contribution in [3.63, 3.8) is 0 Å². The van der Waals surface area contributed by atoms with Crippen LogP contribution in [0.3, 0.4) is 0 Å². The van der Waals surface area contributed by atoms with Gasteiger partial charge in [-0.05, 0) is 18.5 Å². The quantitative estimate of drug-likeness (QED) is 0.785. The van der Waals surface area contributed by atoms with Crippen molar-refractivity contribution in [2.24, 2.45) is 11.8 Å². The molecule has 1 heterocycles. The molecule has 20 heavy (non-hydrogen) atoms. The molecule has 0 saturated carbocycles. The first-order valence-corrected chi connectivity index (χ1v) is 6.14. The Morgan fingerprint density at radius 1 is 1.30 bits per heavy atom. The molecule has 1 aromatic carbocycles. The molecule has 0 aliphatic carbocycles. The topological polar surface area (TPSA) is 78.4 Å². The summed E-state index contributed by atoms with van der Waals surface area (Å²) in [6.45, 7) is 3.04. The smallest absolute Gasteiger partial charge is 0.337 e. The minimum atomic E-state index is -1.43. The lowest BCUT2D eigenvalue weighted by Gasteiger charge is -2.15. The molecule has 0 aromatic heterocycles. The third-order valence-corrected chi connectivity index (χ3v) is 3.40. The zero-order valence-electron chi connectivity index (χ0n) is 10.7. The molecule has 7 heteroatoms. The maximum Gasteiger partial charge on any atom is 0.337 e. The van der Waals surface area contributed by atoms with Crippen LogP contribution in [0.15, 0.2) is 12.1 Å². The van der Waals surface area contributed by atoms with E-state index in [9.17, 15) is 18.4 Å². The molecule has 0 spiro atoms. The molecular weight excluding hydrogens is 270 g/mol. The number of hydrogen-bond acceptors (Lipinski definition) is 3. The molecule has 1 aliphatic heterocycles. The van der Waals surface area contributed by atoms with Crippen LogP contribution >= 0.6 is 0 Å². The predicted octanol–water partition coefficient (Wildman–Crippen LogP) is 1.46. The number of amides is 1. The molecule has 1 saturated heterocycles. The fraction of sp³-hybridized carbons (Fsp3) is 0.385.